The molecule has 2 aromatic rings. The van der Waals surface area contributed by atoms with Crippen LogP contribution in [-0.2, 0) is 16.1 Å². The number of methoxy groups -OCH3 is 1. The highest BCUT2D eigenvalue weighted by molar-refractivity contribution is 6.00. The molecule has 3 atom stereocenters. The van der Waals surface area contributed by atoms with Crippen LogP contribution < -0.4 is 10.1 Å². The summed E-state index contributed by atoms with van der Waals surface area (Å²) in [6.07, 6.45) is 6.87. The average Bonchev–Trinajstić information content (AvgIpc) is 3.71. The lowest BCUT2D eigenvalue weighted by Crippen LogP contribution is -2.46. The Bertz CT molecular complexity index is 1030. The monoisotopic (exact) mass is 481 g/mol. The van der Waals surface area contributed by atoms with Crippen molar-refractivity contribution in [2.45, 2.75) is 45.4 Å². The number of amides is 2. The number of aromatic nitrogens is 2. The molecular formula is C26H35N5O4. The number of ether oxygens (including phenoxy) is 2. The number of likely N-dealkylation sites (N-methyl/N-ethyl adjacent to an activating group) is 1. The molecule has 9 heteroatoms. The van der Waals surface area contributed by atoms with Crippen molar-refractivity contribution in [3.8, 4) is 5.75 Å². The van der Waals surface area contributed by atoms with Crippen molar-refractivity contribution in [3.63, 3.8) is 0 Å². The van der Waals surface area contributed by atoms with E-state index in [-0.39, 0.29) is 35.8 Å². The van der Waals surface area contributed by atoms with E-state index in [2.05, 4.69) is 34.0 Å². The van der Waals surface area contributed by atoms with Crippen LogP contribution in [0.25, 0.3) is 0 Å². The summed E-state index contributed by atoms with van der Waals surface area (Å²) in [6, 6.07) is 5.34. The number of nitrogens with zero attached hydrogens (tertiary/aromatic N) is 4. The lowest BCUT2D eigenvalue weighted by Gasteiger charge is -2.36. The predicted octanol–water partition coefficient (Wildman–Crippen LogP) is 2.83. The molecular weight excluding hydrogens is 446 g/mol. The number of carbonyl (C=O) groups is 2. The number of anilines is 1. The summed E-state index contributed by atoms with van der Waals surface area (Å²) in [4.78, 5) is 38.0. The van der Waals surface area contributed by atoms with Gasteiger partial charge in [-0.2, -0.15) is 0 Å². The maximum atomic E-state index is 13.4. The SMILES string of the molecule is CO[C@H]1CN(C)C(=O)c2cc(NC(=O)C3CC3)ccc2OC[C@H](C)N(Cc2cncnc2)C[C@H]1C. The van der Waals surface area contributed by atoms with E-state index in [0.717, 1.165) is 24.9 Å². The summed E-state index contributed by atoms with van der Waals surface area (Å²) in [6.45, 7) is 6.53. The molecule has 4 rings (SSSR count). The highest BCUT2D eigenvalue weighted by atomic mass is 16.5. The Hall–Kier alpha value is -3.04. The van der Waals surface area contributed by atoms with Gasteiger partial charge in [0.1, 0.15) is 18.7 Å². The number of nitrogens with one attached hydrogen (secondary N) is 1. The quantitative estimate of drug-likeness (QED) is 0.701. The van der Waals surface area contributed by atoms with Crippen LogP contribution in [0.5, 0.6) is 5.75 Å². The molecule has 1 saturated carbocycles. The number of carbonyl (C=O) groups excluding carboxylic acids is 2. The van der Waals surface area contributed by atoms with Crippen molar-refractivity contribution in [2.75, 3.05) is 39.2 Å². The Balaban J connectivity index is 1.61. The second kappa shape index (κ2) is 11.1. The standard InChI is InChI=1S/C26H35N5O4/c1-17-12-31(13-19-10-27-16-28-11-19)18(2)15-35-23-8-7-21(29-25(32)20-5-6-20)9-22(23)26(33)30(3)14-24(17)34-4/h7-11,16-18,20,24H,5-6,12-15H2,1-4H3,(H,29,32)/t17-,18+,24+/m1/s1. The minimum Gasteiger partial charge on any atom is -0.491 e. The molecule has 188 valence electrons. The van der Waals surface area contributed by atoms with Crippen molar-refractivity contribution in [2.24, 2.45) is 11.8 Å². The van der Waals surface area contributed by atoms with E-state index in [4.69, 9.17) is 9.47 Å². The fourth-order valence-corrected chi connectivity index (χ4v) is 4.39. The summed E-state index contributed by atoms with van der Waals surface area (Å²) < 4.78 is 12.0. The molecule has 2 amide bonds. The summed E-state index contributed by atoms with van der Waals surface area (Å²) in [5, 5.41) is 2.94. The first-order chi connectivity index (χ1) is 16.9. The lowest BCUT2D eigenvalue weighted by molar-refractivity contribution is -0.117. The molecule has 1 aliphatic heterocycles. The number of hydrogen-bond donors (Lipinski definition) is 1. The second-order valence-corrected chi connectivity index (χ2v) is 9.75. The molecule has 1 aromatic carbocycles. The first-order valence-corrected chi connectivity index (χ1v) is 12.2. The van der Waals surface area contributed by atoms with Gasteiger partial charge in [0, 0.05) is 69.4 Å². The number of hydrogen-bond acceptors (Lipinski definition) is 7. The molecule has 9 nitrogen and oxygen atoms in total. The van der Waals surface area contributed by atoms with Crippen molar-refractivity contribution < 1.29 is 19.1 Å². The summed E-state index contributed by atoms with van der Waals surface area (Å²) in [5.74, 6) is 0.580. The van der Waals surface area contributed by atoms with Crippen LogP contribution in [0.3, 0.4) is 0 Å². The molecule has 0 unspecified atom stereocenters. The zero-order valence-electron chi connectivity index (χ0n) is 20.9. The summed E-state index contributed by atoms with van der Waals surface area (Å²) >= 11 is 0. The van der Waals surface area contributed by atoms with Gasteiger partial charge in [0.15, 0.2) is 0 Å². The number of fused-ring (bicyclic) bond motifs is 1. The van der Waals surface area contributed by atoms with Gasteiger partial charge < -0.3 is 19.7 Å². The van der Waals surface area contributed by atoms with E-state index in [1.807, 2.05) is 12.4 Å². The van der Waals surface area contributed by atoms with Crippen LogP contribution in [0.2, 0.25) is 0 Å². The van der Waals surface area contributed by atoms with E-state index >= 15 is 0 Å². The maximum absolute atomic E-state index is 13.4. The van der Waals surface area contributed by atoms with Gasteiger partial charge in [-0.05, 0) is 43.9 Å². The van der Waals surface area contributed by atoms with Gasteiger partial charge in [0.2, 0.25) is 5.91 Å². The fourth-order valence-electron chi connectivity index (χ4n) is 4.39. The van der Waals surface area contributed by atoms with Crippen molar-refractivity contribution in [1.29, 1.82) is 0 Å². The summed E-state index contributed by atoms with van der Waals surface area (Å²) in [7, 11) is 3.46. The first-order valence-electron chi connectivity index (χ1n) is 12.2. The van der Waals surface area contributed by atoms with Crippen molar-refractivity contribution in [3.05, 3.63) is 48.0 Å². The number of benzene rings is 1. The van der Waals surface area contributed by atoms with E-state index < -0.39 is 0 Å². The Kier molecular flexibility index (Phi) is 7.97. The molecule has 1 fully saturated rings. The zero-order chi connectivity index (χ0) is 24.9. The van der Waals surface area contributed by atoms with Gasteiger partial charge in [-0.15, -0.1) is 0 Å². The Labute approximate surface area is 206 Å². The molecule has 0 saturated heterocycles. The predicted molar refractivity (Wildman–Crippen MR) is 132 cm³/mol. The topological polar surface area (TPSA) is 96.9 Å². The Morgan fingerprint density at radius 2 is 1.94 bits per heavy atom. The molecule has 0 radical (unpaired) electrons. The lowest BCUT2D eigenvalue weighted by atomic mass is 10.0. The van der Waals surface area contributed by atoms with Gasteiger partial charge in [0.25, 0.3) is 5.91 Å². The minimum absolute atomic E-state index is 0.00209. The second-order valence-electron chi connectivity index (χ2n) is 9.75. The molecule has 1 N–H and O–H groups in total. The van der Waals surface area contributed by atoms with E-state index in [1.54, 1.807) is 37.3 Å². The largest absolute Gasteiger partial charge is 0.491 e. The van der Waals surface area contributed by atoms with Crippen molar-refractivity contribution in [1.82, 2.24) is 19.8 Å². The van der Waals surface area contributed by atoms with Gasteiger partial charge in [-0.3, -0.25) is 14.5 Å². The zero-order valence-corrected chi connectivity index (χ0v) is 20.9. The molecule has 2 aliphatic rings. The van der Waals surface area contributed by atoms with E-state index in [1.165, 1.54) is 6.33 Å². The smallest absolute Gasteiger partial charge is 0.257 e. The molecule has 35 heavy (non-hydrogen) atoms. The van der Waals surface area contributed by atoms with Crippen LogP contribution in [0.15, 0.2) is 36.9 Å². The highest BCUT2D eigenvalue weighted by Gasteiger charge is 2.31. The number of rotatable bonds is 5. The van der Waals surface area contributed by atoms with Crippen LogP contribution in [-0.4, -0.2) is 77.6 Å². The van der Waals surface area contributed by atoms with Gasteiger partial charge in [-0.1, -0.05) is 6.92 Å². The van der Waals surface area contributed by atoms with Crippen LogP contribution in [0.4, 0.5) is 5.69 Å². The first kappa shape index (κ1) is 25.1. The summed E-state index contributed by atoms with van der Waals surface area (Å²) in [5.41, 5.74) is 2.06. The van der Waals surface area contributed by atoms with Gasteiger partial charge >= 0.3 is 0 Å². The third-order valence-electron chi connectivity index (χ3n) is 6.79. The molecule has 1 aromatic heterocycles. The fraction of sp³-hybridized carbons (Fsp3) is 0.538. The third-order valence-corrected chi connectivity index (χ3v) is 6.79. The molecule has 1 aliphatic carbocycles. The average molecular weight is 482 g/mol. The van der Waals surface area contributed by atoms with E-state index in [9.17, 15) is 9.59 Å². The van der Waals surface area contributed by atoms with Crippen LogP contribution >= 0.6 is 0 Å². The maximum Gasteiger partial charge on any atom is 0.257 e. The molecule has 0 bridgehead atoms. The normalized spacial score (nSPS) is 24.1. The van der Waals surface area contributed by atoms with Gasteiger partial charge in [0.05, 0.1) is 11.7 Å². The van der Waals surface area contributed by atoms with Gasteiger partial charge in [-0.25, -0.2) is 9.97 Å². The van der Waals surface area contributed by atoms with E-state index in [0.29, 0.717) is 36.7 Å². The molecule has 0 spiro atoms. The van der Waals surface area contributed by atoms with Crippen LogP contribution in [0.1, 0.15) is 42.6 Å². The minimum atomic E-state index is -0.164. The van der Waals surface area contributed by atoms with Crippen LogP contribution in [0, 0.1) is 11.8 Å². The van der Waals surface area contributed by atoms with Crippen molar-refractivity contribution >= 4 is 17.5 Å². The highest BCUT2D eigenvalue weighted by Crippen LogP contribution is 2.31. The Morgan fingerprint density at radius 1 is 1.20 bits per heavy atom. The Morgan fingerprint density at radius 3 is 2.63 bits per heavy atom. The molecule has 2 heterocycles. The third kappa shape index (κ3) is 6.35.